The van der Waals surface area contributed by atoms with Crippen molar-refractivity contribution in [2.75, 3.05) is 6.54 Å². The van der Waals surface area contributed by atoms with Crippen LogP contribution in [-0.4, -0.2) is 28.1 Å². The van der Waals surface area contributed by atoms with E-state index in [4.69, 9.17) is 0 Å². The zero-order chi connectivity index (χ0) is 16.8. The van der Waals surface area contributed by atoms with Crippen molar-refractivity contribution in [1.29, 1.82) is 0 Å². The number of carbonyl (C=O) groups excluding carboxylic acids is 2. The van der Waals surface area contributed by atoms with Crippen LogP contribution in [0.15, 0.2) is 52.8 Å². The number of carbonyl (C=O) groups is 2. The summed E-state index contributed by atoms with van der Waals surface area (Å²) in [6, 6.07) is 7.49. The molecule has 0 unspecified atom stereocenters. The second-order valence-corrected chi connectivity index (χ2v) is 6.84. The third-order valence-electron chi connectivity index (χ3n) is 3.44. The van der Waals surface area contributed by atoms with Crippen molar-refractivity contribution >= 4 is 34.5 Å². The molecule has 3 aromatic rings. The SMILES string of the molecule is O=C(NCc1cccs1)C(=O)NC[C@H](c1ccsc1)n1cccn1. The van der Waals surface area contributed by atoms with Crippen molar-refractivity contribution in [3.8, 4) is 0 Å². The number of amides is 2. The first-order valence-electron chi connectivity index (χ1n) is 7.33. The Bertz CT molecular complexity index is 733. The maximum Gasteiger partial charge on any atom is 0.309 e. The van der Waals surface area contributed by atoms with E-state index in [9.17, 15) is 9.59 Å². The van der Waals surface area contributed by atoms with Gasteiger partial charge in [-0.3, -0.25) is 14.3 Å². The summed E-state index contributed by atoms with van der Waals surface area (Å²) >= 11 is 3.11. The van der Waals surface area contributed by atoms with Gasteiger partial charge in [0, 0.05) is 23.8 Å². The summed E-state index contributed by atoms with van der Waals surface area (Å²) in [6.07, 6.45) is 3.53. The fourth-order valence-electron chi connectivity index (χ4n) is 2.22. The van der Waals surface area contributed by atoms with E-state index in [-0.39, 0.29) is 6.04 Å². The lowest BCUT2D eigenvalue weighted by molar-refractivity contribution is -0.139. The Morgan fingerprint density at radius 1 is 1.17 bits per heavy atom. The average molecular weight is 360 g/mol. The summed E-state index contributed by atoms with van der Waals surface area (Å²) in [4.78, 5) is 24.9. The van der Waals surface area contributed by atoms with E-state index in [0.29, 0.717) is 13.1 Å². The molecule has 2 amide bonds. The molecule has 24 heavy (non-hydrogen) atoms. The zero-order valence-corrected chi connectivity index (χ0v) is 14.3. The molecule has 0 saturated carbocycles. The Labute approximate surface area is 147 Å². The topological polar surface area (TPSA) is 76.0 Å². The lowest BCUT2D eigenvalue weighted by Crippen LogP contribution is -2.41. The zero-order valence-electron chi connectivity index (χ0n) is 12.7. The van der Waals surface area contributed by atoms with Gasteiger partial charge >= 0.3 is 11.8 Å². The van der Waals surface area contributed by atoms with E-state index in [1.165, 1.54) is 11.3 Å². The number of aromatic nitrogens is 2. The molecule has 6 nitrogen and oxygen atoms in total. The maximum absolute atomic E-state index is 12.0. The number of rotatable bonds is 6. The summed E-state index contributed by atoms with van der Waals surface area (Å²) in [5.41, 5.74) is 1.04. The Kier molecular flexibility index (Phi) is 5.39. The van der Waals surface area contributed by atoms with Crippen LogP contribution in [0.3, 0.4) is 0 Å². The average Bonchev–Trinajstić information content (AvgIpc) is 3.35. The predicted octanol–water partition coefficient (Wildman–Crippen LogP) is 2.03. The molecule has 3 heterocycles. The van der Waals surface area contributed by atoms with E-state index >= 15 is 0 Å². The van der Waals surface area contributed by atoms with Gasteiger partial charge in [0.25, 0.3) is 0 Å². The summed E-state index contributed by atoms with van der Waals surface area (Å²) < 4.78 is 1.77. The molecule has 0 saturated heterocycles. The molecule has 1 atom stereocenters. The van der Waals surface area contributed by atoms with Gasteiger partial charge in [-0.2, -0.15) is 16.4 Å². The van der Waals surface area contributed by atoms with Gasteiger partial charge in [0.2, 0.25) is 0 Å². The fourth-order valence-corrected chi connectivity index (χ4v) is 3.58. The van der Waals surface area contributed by atoms with Gasteiger partial charge in [-0.05, 0) is 39.9 Å². The lowest BCUT2D eigenvalue weighted by atomic mass is 10.1. The number of hydrogen-bond donors (Lipinski definition) is 2. The fraction of sp³-hybridized carbons (Fsp3) is 0.188. The molecule has 8 heteroatoms. The van der Waals surface area contributed by atoms with E-state index < -0.39 is 11.8 Å². The second kappa shape index (κ2) is 7.89. The van der Waals surface area contributed by atoms with Crippen LogP contribution in [0.5, 0.6) is 0 Å². The summed E-state index contributed by atoms with van der Waals surface area (Å²) in [5, 5.41) is 15.4. The molecule has 0 aromatic carbocycles. The third-order valence-corrected chi connectivity index (χ3v) is 5.02. The van der Waals surface area contributed by atoms with Crippen molar-refractivity contribution in [3.05, 3.63) is 63.2 Å². The Morgan fingerprint density at radius 2 is 2.04 bits per heavy atom. The van der Waals surface area contributed by atoms with Crippen molar-refractivity contribution in [2.24, 2.45) is 0 Å². The van der Waals surface area contributed by atoms with Crippen LogP contribution in [0.1, 0.15) is 16.5 Å². The lowest BCUT2D eigenvalue weighted by Gasteiger charge is -2.17. The molecule has 0 bridgehead atoms. The number of thiophene rings is 2. The van der Waals surface area contributed by atoms with Crippen LogP contribution >= 0.6 is 22.7 Å². The highest BCUT2D eigenvalue weighted by Gasteiger charge is 2.19. The first-order chi connectivity index (χ1) is 11.7. The van der Waals surface area contributed by atoms with E-state index in [0.717, 1.165) is 10.4 Å². The van der Waals surface area contributed by atoms with Gasteiger partial charge in [0.15, 0.2) is 0 Å². The van der Waals surface area contributed by atoms with Gasteiger partial charge in [-0.25, -0.2) is 0 Å². The molecule has 124 valence electrons. The Morgan fingerprint density at radius 3 is 2.71 bits per heavy atom. The minimum atomic E-state index is -0.640. The number of nitrogens with zero attached hydrogens (tertiary/aromatic N) is 2. The third kappa shape index (κ3) is 4.09. The van der Waals surface area contributed by atoms with Crippen molar-refractivity contribution in [3.63, 3.8) is 0 Å². The van der Waals surface area contributed by atoms with Crippen molar-refractivity contribution < 1.29 is 9.59 Å². The first-order valence-corrected chi connectivity index (χ1v) is 9.16. The van der Waals surface area contributed by atoms with Gasteiger partial charge in [0.05, 0.1) is 12.6 Å². The smallest absolute Gasteiger partial charge is 0.309 e. The standard InChI is InChI=1S/C16H16N4O2S2/c21-15(17-9-13-3-1-7-24-13)16(22)18-10-14(12-4-8-23-11-12)20-6-2-5-19-20/h1-8,11,14H,9-10H2,(H,17,21)(H,18,22)/t14-/m1/s1. The number of nitrogens with one attached hydrogen (secondary N) is 2. The number of hydrogen-bond acceptors (Lipinski definition) is 5. The summed E-state index contributed by atoms with van der Waals surface area (Å²) in [7, 11) is 0. The highest BCUT2D eigenvalue weighted by atomic mass is 32.1. The van der Waals surface area contributed by atoms with Gasteiger partial charge < -0.3 is 10.6 Å². The quantitative estimate of drug-likeness (QED) is 0.661. The molecule has 3 rings (SSSR count). The largest absolute Gasteiger partial charge is 0.345 e. The van der Waals surface area contributed by atoms with Crippen LogP contribution in [0.2, 0.25) is 0 Å². The summed E-state index contributed by atoms with van der Waals surface area (Å²) in [6.45, 7) is 0.653. The van der Waals surface area contributed by atoms with E-state index in [2.05, 4.69) is 15.7 Å². The van der Waals surface area contributed by atoms with Crippen LogP contribution in [0.25, 0.3) is 0 Å². The first kappa shape index (κ1) is 16.4. The molecule has 0 spiro atoms. The summed E-state index contributed by atoms with van der Waals surface area (Å²) in [5.74, 6) is -1.27. The van der Waals surface area contributed by atoms with Gasteiger partial charge in [-0.15, -0.1) is 11.3 Å². The van der Waals surface area contributed by atoms with Gasteiger partial charge in [0.1, 0.15) is 0 Å². The van der Waals surface area contributed by atoms with Crippen molar-refractivity contribution in [1.82, 2.24) is 20.4 Å². The molecule has 0 aliphatic carbocycles. The highest BCUT2D eigenvalue weighted by Crippen LogP contribution is 2.19. The molecule has 0 radical (unpaired) electrons. The second-order valence-electron chi connectivity index (χ2n) is 5.03. The minimum Gasteiger partial charge on any atom is -0.345 e. The van der Waals surface area contributed by atoms with Crippen LogP contribution in [0.4, 0.5) is 0 Å². The molecule has 0 fully saturated rings. The molecular weight excluding hydrogens is 344 g/mol. The molecule has 0 aliphatic rings. The van der Waals surface area contributed by atoms with Crippen LogP contribution < -0.4 is 10.6 Å². The van der Waals surface area contributed by atoms with E-state index in [1.807, 2.05) is 46.6 Å². The normalized spacial score (nSPS) is 11.8. The van der Waals surface area contributed by atoms with Crippen LogP contribution in [0, 0.1) is 0 Å². The predicted molar refractivity (Wildman–Crippen MR) is 93.9 cm³/mol. The van der Waals surface area contributed by atoms with Gasteiger partial charge in [-0.1, -0.05) is 6.07 Å². The molecule has 2 N–H and O–H groups in total. The Balaban J connectivity index is 1.56. The molecule has 0 aliphatic heterocycles. The van der Waals surface area contributed by atoms with Crippen molar-refractivity contribution in [2.45, 2.75) is 12.6 Å². The molecule has 3 aromatic heterocycles. The van der Waals surface area contributed by atoms with E-state index in [1.54, 1.807) is 22.2 Å². The maximum atomic E-state index is 12.0. The molecular formula is C16H16N4O2S2. The minimum absolute atomic E-state index is 0.139. The highest BCUT2D eigenvalue weighted by molar-refractivity contribution is 7.09. The van der Waals surface area contributed by atoms with Crippen LogP contribution in [-0.2, 0) is 16.1 Å². The monoisotopic (exact) mass is 360 g/mol. The Hall–Kier alpha value is -2.45.